The van der Waals surface area contributed by atoms with Gasteiger partial charge in [-0.2, -0.15) is 5.26 Å². The zero-order valence-electron chi connectivity index (χ0n) is 17.8. The second kappa shape index (κ2) is 10.1. The molecular weight excluding hydrogens is 388 g/mol. The first-order valence-electron chi connectivity index (χ1n) is 9.85. The van der Waals surface area contributed by atoms with E-state index in [1.807, 2.05) is 68.4 Å². The minimum absolute atomic E-state index is 0.000786. The van der Waals surface area contributed by atoms with Crippen molar-refractivity contribution in [2.24, 2.45) is 0 Å². The van der Waals surface area contributed by atoms with Crippen LogP contribution in [0.25, 0.3) is 6.08 Å². The molecule has 0 saturated heterocycles. The summed E-state index contributed by atoms with van der Waals surface area (Å²) in [4.78, 5) is 12.6. The molecule has 31 heavy (non-hydrogen) atoms. The van der Waals surface area contributed by atoms with Crippen LogP contribution in [0.3, 0.4) is 0 Å². The van der Waals surface area contributed by atoms with Crippen LogP contribution in [0.15, 0.2) is 72.3 Å². The second-order valence-corrected chi connectivity index (χ2v) is 7.13. The van der Waals surface area contributed by atoms with Crippen LogP contribution in [0.4, 0.5) is 5.69 Å². The van der Waals surface area contributed by atoms with Crippen molar-refractivity contribution in [3.05, 3.63) is 94.6 Å². The monoisotopic (exact) mass is 412 g/mol. The lowest BCUT2D eigenvalue weighted by Crippen LogP contribution is -2.14. The van der Waals surface area contributed by atoms with Gasteiger partial charge in [0.2, 0.25) is 0 Å². The zero-order valence-corrected chi connectivity index (χ0v) is 17.8. The fourth-order valence-corrected chi connectivity index (χ4v) is 3.09. The van der Waals surface area contributed by atoms with Gasteiger partial charge in [-0.05, 0) is 54.8 Å². The van der Waals surface area contributed by atoms with Crippen LogP contribution in [-0.2, 0) is 11.4 Å². The number of carbonyl (C=O) groups excluding carboxylic acids is 1. The molecule has 0 aromatic heterocycles. The summed E-state index contributed by atoms with van der Waals surface area (Å²) in [7, 11) is 1.57. The summed E-state index contributed by atoms with van der Waals surface area (Å²) in [6.07, 6.45) is 1.54. The van der Waals surface area contributed by atoms with E-state index in [0.29, 0.717) is 29.4 Å². The highest BCUT2D eigenvalue weighted by atomic mass is 16.5. The first-order chi connectivity index (χ1) is 15.0. The summed E-state index contributed by atoms with van der Waals surface area (Å²) in [5.74, 6) is 0.649. The molecule has 0 spiro atoms. The average molecular weight is 412 g/mol. The Balaban J connectivity index is 1.81. The molecule has 3 rings (SSSR count). The van der Waals surface area contributed by atoms with Gasteiger partial charge in [0.15, 0.2) is 11.5 Å². The van der Waals surface area contributed by atoms with Gasteiger partial charge in [0.25, 0.3) is 5.91 Å². The van der Waals surface area contributed by atoms with Gasteiger partial charge in [-0.3, -0.25) is 4.79 Å². The van der Waals surface area contributed by atoms with Crippen LogP contribution in [0.2, 0.25) is 0 Å². The minimum atomic E-state index is -0.461. The fraction of sp³-hybridized carbons (Fsp3) is 0.154. The predicted molar refractivity (Wildman–Crippen MR) is 122 cm³/mol. The largest absolute Gasteiger partial charge is 0.493 e. The lowest BCUT2D eigenvalue weighted by Gasteiger charge is -2.12. The number of amides is 1. The van der Waals surface area contributed by atoms with Crippen molar-refractivity contribution >= 4 is 17.7 Å². The Hall–Kier alpha value is -4.04. The Morgan fingerprint density at radius 1 is 1.03 bits per heavy atom. The van der Waals surface area contributed by atoms with Gasteiger partial charge < -0.3 is 14.8 Å². The summed E-state index contributed by atoms with van der Waals surface area (Å²) < 4.78 is 11.3. The molecule has 0 aliphatic heterocycles. The molecule has 5 nitrogen and oxygen atoms in total. The number of anilines is 1. The molecule has 1 amide bonds. The number of nitriles is 1. The van der Waals surface area contributed by atoms with Crippen LogP contribution in [0, 0.1) is 25.2 Å². The van der Waals surface area contributed by atoms with Gasteiger partial charge in [-0.1, -0.05) is 54.1 Å². The van der Waals surface area contributed by atoms with Gasteiger partial charge in [0.1, 0.15) is 18.2 Å². The van der Waals surface area contributed by atoms with E-state index in [0.717, 1.165) is 16.7 Å². The second-order valence-electron chi connectivity index (χ2n) is 7.13. The molecule has 0 aliphatic rings. The quantitative estimate of drug-likeness (QED) is 0.414. The number of aryl methyl sites for hydroxylation is 2. The lowest BCUT2D eigenvalue weighted by atomic mass is 10.1. The van der Waals surface area contributed by atoms with E-state index in [1.54, 1.807) is 25.3 Å². The lowest BCUT2D eigenvalue weighted by molar-refractivity contribution is -0.112. The van der Waals surface area contributed by atoms with E-state index in [1.165, 1.54) is 6.08 Å². The number of benzene rings is 3. The number of nitrogens with zero attached hydrogens (tertiary/aromatic N) is 1. The highest BCUT2D eigenvalue weighted by Gasteiger charge is 2.12. The molecule has 1 N–H and O–H groups in total. The van der Waals surface area contributed by atoms with E-state index in [4.69, 9.17) is 9.47 Å². The zero-order chi connectivity index (χ0) is 22.2. The van der Waals surface area contributed by atoms with E-state index in [9.17, 15) is 10.1 Å². The minimum Gasteiger partial charge on any atom is -0.493 e. The van der Waals surface area contributed by atoms with Crippen molar-refractivity contribution < 1.29 is 14.3 Å². The summed E-state index contributed by atoms with van der Waals surface area (Å²) in [6.45, 7) is 4.28. The van der Waals surface area contributed by atoms with Gasteiger partial charge in [0, 0.05) is 5.69 Å². The summed E-state index contributed by atoms with van der Waals surface area (Å²) >= 11 is 0. The molecule has 0 heterocycles. The molecular formula is C26H24N2O3. The van der Waals surface area contributed by atoms with Crippen LogP contribution >= 0.6 is 0 Å². The Morgan fingerprint density at radius 3 is 2.48 bits per heavy atom. The van der Waals surface area contributed by atoms with Crippen LogP contribution < -0.4 is 14.8 Å². The first-order valence-corrected chi connectivity index (χ1v) is 9.85. The molecule has 3 aromatic carbocycles. The normalized spacial score (nSPS) is 10.8. The molecule has 0 saturated carbocycles. The van der Waals surface area contributed by atoms with Gasteiger partial charge in [-0.15, -0.1) is 0 Å². The molecule has 0 aliphatic carbocycles. The number of hydrogen-bond donors (Lipinski definition) is 1. The van der Waals surface area contributed by atoms with E-state index < -0.39 is 5.91 Å². The van der Waals surface area contributed by atoms with Gasteiger partial charge in [-0.25, -0.2) is 0 Å². The predicted octanol–water partition coefficient (Wildman–Crippen LogP) is 5.44. The summed E-state index contributed by atoms with van der Waals surface area (Å²) in [6, 6.07) is 22.8. The number of carbonyl (C=O) groups is 1. The molecule has 156 valence electrons. The van der Waals surface area contributed by atoms with Crippen molar-refractivity contribution in [3.8, 4) is 17.6 Å². The Kier molecular flexibility index (Phi) is 7.08. The van der Waals surface area contributed by atoms with Crippen molar-refractivity contribution in [1.29, 1.82) is 5.26 Å². The van der Waals surface area contributed by atoms with Crippen LogP contribution in [0.5, 0.6) is 11.5 Å². The maximum absolute atomic E-state index is 12.6. The summed E-state index contributed by atoms with van der Waals surface area (Å²) in [5, 5.41) is 12.3. The highest BCUT2D eigenvalue weighted by Crippen LogP contribution is 2.30. The van der Waals surface area contributed by atoms with Crippen molar-refractivity contribution in [2.75, 3.05) is 12.4 Å². The van der Waals surface area contributed by atoms with Crippen LogP contribution in [0.1, 0.15) is 22.3 Å². The van der Waals surface area contributed by atoms with Crippen molar-refractivity contribution in [3.63, 3.8) is 0 Å². The SMILES string of the molecule is COc1ccc(/C=C(\C#N)C(=O)Nc2ccc(C)cc2C)cc1OCc1ccccc1. The topological polar surface area (TPSA) is 71.3 Å². The number of ether oxygens (including phenoxy) is 2. The Labute approximate surface area is 182 Å². The number of rotatable bonds is 7. The molecule has 0 radical (unpaired) electrons. The molecule has 0 unspecified atom stereocenters. The standard InChI is InChI=1S/C26H24N2O3/c1-18-9-11-23(19(2)13-18)28-26(29)22(16-27)14-21-10-12-24(30-3)25(15-21)31-17-20-7-5-4-6-8-20/h4-15H,17H2,1-3H3,(H,28,29)/b22-14+. The number of methoxy groups -OCH3 is 1. The third-order valence-corrected chi connectivity index (χ3v) is 4.73. The smallest absolute Gasteiger partial charge is 0.266 e. The first kappa shape index (κ1) is 21.7. The number of hydrogen-bond acceptors (Lipinski definition) is 4. The highest BCUT2D eigenvalue weighted by molar-refractivity contribution is 6.10. The maximum atomic E-state index is 12.6. The van der Waals surface area contributed by atoms with Gasteiger partial charge in [0.05, 0.1) is 7.11 Å². The Bertz CT molecular complexity index is 1150. The van der Waals surface area contributed by atoms with Crippen molar-refractivity contribution in [2.45, 2.75) is 20.5 Å². The Morgan fingerprint density at radius 2 is 1.81 bits per heavy atom. The molecule has 5 heteroatoms. The van der Waals surface area contributed by atoms with E-state index in [-0.39, 0.29) is 5.57 Å². The molecule has 0 fully saturated rings. The summed E-state index contributed by atoms with van der Waals surface area (Å²) in [5.41, 5.74) is 4.41. The number of nitrogens with one attached hydrogen (secondary N) is 1. The van der Waals surface area contributed by atoms with E-state index >= 15 is 0 Å². The fourth-order valence-electron chi connectivity index (χ4n) is 3.09. The molecule has 0 atom stereocenters. The molecule has 0 bridgehead atoms. The van der Waals surface area contributed by atoms with Crippen LogP contribution in [-0.4, -0.2) is 13.0 Å². The van der Waals surface area contributed by atoms with E-state index in [2.05, 4.69) is 5.32 Å². The maximum Gasteiger partial charge on any atom is 0.266 e. The molecule has 3 aromatic rings. The average Bonchev–Trinajstić information content (AvgIpc) is 2.78. The van der Waals surface area contributed by atoms with Gasteiger partial charge >= 0.3 is 0 Å². The van der Waals surface area contributed by atoms with Crippen molar-refractivity contribution in [1.82, 2.24) is 0 Å². The third kappa shape index (κ3) is 5.74. The third-order valence-electron chi connectivity index (χ3n) is 4.73.